The first-order chi connectivity index (χ1) is 9.15. The molecule has 0 fully saturated rings. The fourth-order valence-electron chi connectivity index (χ4n) is 1.50. The molecule has 0 saturated carbocycles. The van der Waals surface area contributed by atoms with Gasteiger partial charge >= 0.3 is 0 Å². The first kappa shape index (κ1) is 13.3. The van der Waals surface area contributed by atoms with Gasteiger partial charge in [-0.1, -0.05) is 17.7 Å². The maximum absolute atomic E-state index is 12.7. The van der Waals surface area contributed by atoms with Crippen LogP contribution in [-0.4, -0.2) is 5.78 Å². The van der Waals surface area contributed by atoms with Crippen LogP contribution < -0.4 is 5.32 Å². The molecule has 2 aromatic rings. The fraction of sp³-hybridized carbons (Fsp3) is 0. The minimum atomic E-state index is -0.363. The summed E-state index contributed by atoms with van der Waals surface area (Å²) in [7, 11) is 0. The third kappa shape index (κ3) is 3.93. The minimum Gasteiger partial charge on any atom is -0.362 e. The Kier molecular flexibility index (Phi) is 4.31. The van der Waals surface area contributed by atoms with Gasteiger partial charge in [-0.25, -0.2) is 4.39 Å². The summed E-state index contributed by atoms with van der Waals surface area (Å²) in [6, 6.07) is 12.5. The molecule has 0 amide bonds. The lowest BCUT2D eigenvalue weighted by Crippen LogP contribution is -1.96. The molecule has 96 valence electrons. The van der Waals surface area contributed by atoms with E-state index in [2.05, 4.69) is 5.32 Å². The van der Waals surface area contributed by atoms with Gasteiger partial charge in [0.2, 0.25) is 0 Å². The summed E-state index contributed by atoms with van der Waals surface area (Å²) >= 11 is 5.83. The van der Waals surface area contributed by atoms with Crippen LogP contribution in [0.3, 0.4) is 0 Å². The lowest BCUT2D eigenvalue weighted by molar-refractivity contribution is 0.104. The van der Waals surface area contributed by atoms with Crippen LogP contribution in [0, 0.1) is 5.82 Å². The summed E-state index contributed by atoms with van der Waals surface area (Å²) < 4.78 is 12.7. The highest BCUT2D eigenvalue weighted by molar-refractivity contribution is 6.30. The Morgan fingerprint density at radius 1 is 1.16 bits per heavy atom. The van der Waals surface area contributed by atoms with Crippen LogP contribution in [0.25, 0.3) is 0 Å². The zero-order valence-electron chi connectivity index (χ0n) is 9.94. The average molecular weight is 276 g/mol. The molecule has 2 rings (SSSR count). The highest BCUT2D eigenvalue weighted by Gasteiger charge is 2.01. The van der Waals surface area contributed by atoms with Crippen molar-refractivity contribution in [3.63, 3.8) is 0 Å². The second kappa shape index (κ2) is 6.16. The Hall–Kier alpha value is -2.13. The van der Waals surface area contributed by atoms with Crippen molar-refractivity contribution >= 4 is 23.1 Å². The second-order valence-electron chi connectivity index (χ2n) is 3.86. The van der Waals surface area contributed by atoms with Crippen molar-refractivity contribution in [3.8, 4) is 0 Å². The lowest BCUT2D eigenvalue weighted by Gasteiger charge is -2.00. The number of carbonyl (C=O) groups is 1. The van der Waals surface area contributed by atoms with E-state index in [-0.39, 0.29) is 11.6 Å². The molecule has 0 aromatic heterocycles. The summed E-state index contributed by atoms with van der Waals surface area (Å²) in [6.07, 6.45) is 2.91. The third-order valence-corrected chi connectivity index (χ3v) is 2.67. The van der Waals surface area contributed by atoms with Gasteiger partial charge in [-0.3, -0.25) is 4.79 Å². The smallest absolute Gasteiger partial charge is 0.187 e. The maximum Gasteiger partial charge on any atom is 0.187 e. The summed E-state index contributed by atoms with van der Waals surface area (Å²) in [5.41, 5.74) is 1.22. The van der Waals surface area contributed by atoms with Crippen molar-refractivity contribution in [2.24, 2.45) is 0 Å². The van der Waals surface area contributed by atoms with Gasteiger partial charge in [0.1, 0.15) is 5.82 Å². The topological polar surface area (TPSA) is 29.1 Å². The number of hydrogen-bond acceptors (Lipinski definition) is 2. The van der Waals surface area contributed by atoms with Gasteiger partial charge in [-0.15, -0.1) is 0 Å². The molecule has 0 radical (unpaired) electrons. The third-order valence-electron chi connectivity index (χ3n) is 2.44. The van der Waals surface area contributed by atoms with Crippen LogP contribution in [-0.2, 0) is 0 Å². The summed E-state index contributed by atoms with van der Waals surface area (Å²) in [6.45, 7) is 0. The van der Waals surface area contributed by atoms with E-state index in [0.717, 1.165) is 5.69 Å². The van der Waals surface area contributed by atoms with Gasteiger partial charge in [0.15, 0.2) is 5.78 Å². The summed E-state index contributed by atoms with van der Waals surface area (Å²) in [5.74, 6) is -0.563. The minimum absolute atomic E-state index is 0.200. The molecular formula is C15H11ClFNO. The van der Waals surface area contributed by atoms with Gasteiger partial charge in [-0.05, 0) is 42.5 Å². The lowest BCUT2D eigenvalue weighted by atomic mass is 10.1. The van der Waals surface area contributed by atoms with Crippen LogP contribution in [0.15, 0.2) is 60.8 Å². The van der Waals surface area contributed by atoms with E-state index in [4.69, 9.17) is 11.6 Å². The molecule has 0 saturated heterocycles. The number of benzene rings is 2. The monoisotopic (exact) mass is 275 g/mol. The van der Waals surface area contributed by atoms with E-state index < -0.39 is 0 Å². The predicted octanol–water partition coefficient (Wildman–Crippen LogP) is 4.29. The molecule has 0 heterocycles. The number of rotatable bonds is 4. The van der Waals surface area contributed by atoms with Crippen molar-refractivity contribution < 1.29 is 9.18 Å². The molecule has 0 spiro atoms. The number of anilines is 1. The first-order valence-corrected chi connectivity index (χ1v) is 6.01. The standard InChI is InChI=1S/C15H11ClFNO/c16-12-2-1-3-14(10-12)18-9-8-15(19)11-4-6-13(17)7-5-11/h1-10,18H/b9-8+. The van der Waals surface area contributed by atoms with E-state index in [1.165, 1.54) is 36.5 Å². The van der Waals surface area contributed by atoms with Gasteiger partial charge < -0.3 is 5.32 Å². The van der Waals surface area contributed by atoms with Crippen LogP contribution in [0.5, 0.6) is 0 Å². The van der Waals surface area contributed by atoms with Crippen molar-refractivity contribution in [2.45, 2.75) is 0 Å². The molecule has 19 heavy (non-hydrogen) atoms. The Morgan fingerprint density at radius 2 is 1.89 bits per heavy atom. The van der Waals surface area contributed by atoms with Crippen molar-refractivity contribution in [3.05, 3.63) is 77.2 Å². The number of nitrogens with one attached hydrogen (secondary N) is 1. The van der Waals surface area contributed by atoms with Crippen molar-refractivity contribution in [1.82, 2.24) is 0 Å². The normalized spacial score (nSPS) is 10.6. The Morgan fingerprint density at radius 3 is 2.58 bits per heavy atom. The Labute approximate surface area is 115 Å². The highest BCUT2D eigenvalue weighted by atomic mass is 35.5. The molecule has 1 N–H and O–H groups in total. The highest BCUT2D eigenvalue weighted by Crippen LogP contribution is 2.14. The SMILES string of the molecule is O=C(/C=C/Nc1cccc(Cl)c1)c1ccc(F)cc1. The van der Waals surface area contributed by atoms with Gasteiger partial charge in [0.25, 0.3) is 0 Å². The van der Waals surface area contributed by atoms with Crippen LogP contribution in [0.4, 0.5) is 10.1 Å². The molecule has 4 heteroatoms. The van der Waals surface area contributed by atoms with Crippen molar-refractivity contribution in [2.75, 3.05) is 5.32 Å². The molecule has 0 aliphatic heterocycles. The van der Waals surface area contributed by atoms with E-state index >= 15 is 0 Å². The quantitative estimate of drug-likeness (QED) is 0.666. The number of hydrogen-bond donors (Lipinski definition) is 1. The van der Waals surface area contributed by atoms with Gasteiger partial charge in [-0.2, -0.15) is 0 Å². The molecule has 2 nitrogen and oxygen atoms in total. The van der Waals surface area contributed by atoms with Crippen LogP contribution in [0.1, 0.15) is 10.4 Å². The largest absolute Gasteiger partial charge is 0.362 e. The number of halogens is 2. The van der Waals surface area contributed by atoms with Crippen molar-refractivity contribution in [1.29, 1.82) is 0 Å². The number of carbonyl (C=O) groups excluding carboxylic acids is 1. The van der Waals surface area contributed by atoms with Gasteiger partial charge in [0.05, 0.1) is 0 Å². The Balaban J connectivity index is 1.99. The fourth-order valence-corrected chi connectivity index (χ4v) is 1.69. The second-order valence-corrected chi connectivity index (χ2v) is 4.30. The predicted molar refractivity (Wildman–Crippen MR) is 74.9 cm³/mol. The molecular weight excluding hydrogens is 265 g/mol. The number of ketones is 1. The molecule has 0 bridgehead atoms. The molecule has 0 unspecified atom stereocenters. The average Bonchev–Trinajstić information content (AvgIpc) is 2.39. The zero-order valence-corrected chi connectivity index (χ0v) is 10.7. The Bertz CT molecular complexity index is 608. The van der Waals surface area contributed by atoms with Gasteiger partial charge in [0, 0.05) is 28.5 Å². The first-order valence-electron chi connectivity index (χ1n) is 5.64. The maximum atomic E-state index is 12.7. The molecule has 0 atom stereocenters. The number of allylic oxidation sites excluding steroid dienone is 1. The van der Waals surface area contributed by atoms with E-state index in [0.29, 0.717) is 10.6 Å². The molecule has 0 aliphatic carbocycles. The summed E-state index contributed by atoms with van der Waals surface area (Å²) in [4.78, 5) is 11.7. The molecule has 0 aliphatic rings. The van der Waals surface area contributed by atoms with Crippen LogP contribution in [0.2, 0.25) is 5.02 Å². The van der Waals surface area contributed by atoms with E-state index in [9.17, 15) is 9.18 Å². The summed E-state index contributed by atoms with van der Waals surface area (Å²) in [5, 5.41) is 3.55. The zero-order chi connectivity index (χ0) is 13.7. The van der Waals surface area contributed by atoms with E-state index in [1.54, 1.807) is 18.2 Å². The van der Waals surface area contributed by atoms with E-state index in [1.807, 2.05) is 6.07 Å². The molecule has 2 aromatic carbocycles. The van der Waals surface area contributed by atoms with Crippen LogP contribution >= 0.6 is 11.6 Å².